The van der Waals surface area contributed by atoms with Crippen LogP contribution >= 0.6 is 11.8 Å². The molecule has 1 rings (SSSR count). The maximum absolute atomic E-state index is 12.0. The number of nitrogens with zero attached hydrogens (tertiary/aromatic N) is 1. The van der Waals surface area contributed by atoms with Gasteiger partial charge in [-0.15, -0.1) is 0 Å². The lowest BCUT2D eigenvalue weighted by molar-refractivity contribution is -0.145. The highest BCUT2D eigenvalue weighted by atomic mass is 32.2. The van der Waals surface area contributed by atoms with E-state index in [-0.39, 0.29) is 18.4 Å². The number of urea groups is 1. The summed E-state index contributed by atoms with van der Waals surface area (Å²) >= 11 is 1.52. The SMILES string of the molecule is COC(=O)C1CCN(C(=O)NC(CCSC)C(=O)O)C1. The van der Waals surface area contributed by atoms with E-state index in [0.29, 0.717) is 25.1 Å². The van der Waals surface area contributed by atoms with E-state index in [2.05, 4.69) is 10.1 Å². The maximum Gasteiger partial charge on any atom is 0.326 e. The summed E-state index contributed by atoms with van der Waals surface area (Å²) in [4.78, 5) is 35.9. The van der Waals surface area contributed by atoms with Gasteiger partial charge in [0.15, 0.2) is 0 Å². The van der Waals surface area contributed by atoms with Crippen LogP contribution in [0.4, 0.5) is 4.79 Å². The Morgan fingerprint density at radius 2 is 2.20 bits per heavy atom. The first kappa shape index (κ1) is 16.6. The largest absolute Gasteiger partial charge is 0.480 e. The van der Waals surface area contributed by atoms with Crippen molar-refractivity contribution in [1.29, 1.82) is 0 Å². The number of carbonyl (C=O) groups is 3. The van der Waals surface area contributed by atoms with Gasteiger partial charge in [-0.05, 0) is 24.9 Å². The molecular formula is C12H20N2O5S. The zero-order valence-corrected chi connectivity index (χ0v) is 12.4. The Labute approximate surface area is 122 Å². The number of likely N-dealkylation sites (tertiary alicyclic amines) is 1. The van der Waals surface area contributed by atoms with Crippen LogP contribution in [0.1, 0.15) is 12.8 Å². The van der Waals surface area contributed by atoms with Crippen LogP contribution in [0.25, 0.3) is 0 Å². The van der Waals surface area contributed by atoms with Gasteiger partial charge in [-0.25, -0.2) is 9.59 Å². The van der Waals surface area contributed by atoms with Crippen molar-refractivity contribution in [1.82, 2.24) is 10.2 Å². The number of nitrogens with one attached hydrogen (secondary N) is 1. The number of methoxy groups -OCH3 is 1. The van der Waals surface area contributed by atoms with Crippen LogP contribution < -0.4 is 5.32 Å². The predicted molar refractivity (Wildman–Crippen MR) is 74.7 cm³/mol. The Bertz CT molecular complexity index is 377. The summed E-state index contributed by atoms with van der Waals surface area (Å²) in [6, 6.07) is -1.34. The van der Waals surface area contributed by atoms with Crippen LogP contribution in [0.2, 0.25) is 0 Å². The molecule has 8 heteroatoms. The molecular weight excluding hydrogens is 284 g/mol. The number of hydrogen-bond donors (Lipinski definition) is 2. The standard InChI is InChI=1S/C12H20N2O5S/c1-19-11(17)8-3-5-14(7-8)12(18)13-9(10(15)16)4-6-20-2/h8-9H,3-7H2,1-2H3,(H,13,18)(H,15,16). The zero-order valence-electron chi connectivity index (χ0n) is 11.6. The predicted octanol–water partition coefficient (Wildman–Crippen LogP) is 0.397. The average molecular weight is 304 g/mol. The van der Waals surface area contributed by atoms with E-state index in [9.17, 15) is 14.4 Å². The molecule has 20 heavy (non-hydrogen) atoms. The van der Waals surface area contributed by atoms with E-state index in [1.54, 1.807) is 0 Å². The summed E-state index contributed by atoms with van der Waals surface area (Å²) in [5, 5.41) is 11.5. The summed E-state index contributed by atoms with van der Waals surface area (Å²) in [6.45, 7) is 0.702. The van der Waals surface area contributed by atoms with Crippen LogP contribution in [0, 0.1) is 5.92 Å². The van der Waals surface area contributed by atoms with Crippen LogP contribution in [-0.4, -0.2) is 66.2 Å². The van der Waals surface area contributed by atoms with Gasteiger partial charge in [0.25, 0.3) is 0 Å². The first-order chi connectivity index (χ1) is 9.49. The van der Waals surface area contributed by atoms with Gasteiger partial charge < -0.3 is 20.1 Å². The van der Waals surface area contributed by atoms with E-state index in [0.717, 1.165) is 0 Å². The fourth-order valence-corrected chi connectivity index (χ4v) is 2.51. The van der Waals surface area contributed by atoms with E-state index in [1.165, 1.54) is 23.8 Å². The van der Waals surface area contributed by atoms with Crippen molar-refractivity contribution in [2.45, 2.75) is 18.9 Å². The van der Waals surface area contributed by atoms with Crippen molar-refractivity contribution >= 4 is 29.7 Å². The van der Waals surface area contributed by atoms with Gasteiger partial charge in [0.05, 0.1) is 13.0 Å². The van der Waals surface area contributed by atoms with Gasteiger partial charge in [0, 0.05) is 13.1 Å². The molecule has 0 bridgehead atoms. The molecule has 114 valence electrons. The second-order valence-corrected chi connectivity index (χ2v) is 5.56. The van der Waals surface area contributed by atoms with Crippen molar-refractivity contribution in [2.24, 2.45) is 5.92 Å². The first-order valence-electron chi connectivity index (χ1n) is 6.34. The van der Waals surface area contributed by atoms with Crippen LogP contribution in [-0.2, 0) is 14.3 Å². The zero-order chi connectivity index (χ0) is 15.1. The van der Waals surface area contributed by atoms with Crippen molar-refractivity contribution < 1.29 is 24.2 Å². The molecule has 0 spiro atoms. The third-order valence-electron chi connectivity index (χ3n) is 3.22. The quantitative estimate of drug-likeness (QED) is 0.690. The molecule has 1 fully saturated rings. The molecule has 2 atom stereocenters. The third-order valence-corrected chi connectivity index (χ3v) is 3.86. The lowest BCUT2D eigenvalue weighted by Crippen LogP contribution is -2.47. The molecule has 0 radical (unpaired) electrons. The van der Waals surface area contributed by atoms with Gasteiger partial charge in [-0.2, -0.15) is 11.8 Å². The second kappa shape index (κ2) is 7.98. The second-order valence-electron chi connectivity index (χ2n) is 4.58. The van der Waals surface area contributed by atoms with E-state index < -0.39 is 18.0 Å². The van der Waals surface area contributed by atoms with Gasteiger partial charge in [0.2, 0.25) is 0 Å². The minimum Gasteiger partial charge on any atom is -0.480 e. The number of carboxylic acid groups (broad SMARTS) is 1. The summed E-state index contributed by atoms with van der Waals surface area (Å²) in [5.74, 6) is -1.05. The molecule has 1 heterocycles. The summed E-state index contributed by atoms with van der Waals surface area (Å²) in [5.41, 5.74) is 0. The summed E-state index contributed by atoms with van der Waals surface area (Å²) in [6.07, 6.45) is 2.79. The molecule has 0 aromatic carbocycles. The van der Waals surface area contributed by atoms with Gasteiger partial charge in [-0.3, -0.25) is 4.79 Å². The fraction of sp³-hybridized carbons (Fsp3) is 0.750. The molecule has 2 N–H and O–H groups in total. The average Bonchev–Trinajstić information content (AvgIpc) is 2.91. The summed E-state index contributed by atoms with van der Waals surface area (Å²) < 4.78 is 4.64. The Balaban J connectivity index is 2.49. The minimum absolute atomic E-state index is 0.271. The van der Waals surface area contributed by atoms with Gasteiger partial charge in [-0.1, -0.05) is 0 Å². The molecule has 2 unspecified atom stereocenters. The molecule has 0 aromatic rings. The number of carbonyl (C=O) groups excluding carboxylic acids is 2. The number of aliphatic carboxylic acids is 1. The Morgan fingerprint density at radius 3 is 2.75 bits per heavy atom. The monoisotopic (exact) mass is 304 g/mol. The van der Waals surface area contributed by atoms with Crippen LogP contribution in [0.5, 0.6) is 0 Å². The number of carboxylic acids is 1. The summed E-state index contributed by atoms with van der Waals surface area (Å²) in [7, 11) is 1.31. The van der Waals surface area contributed by atoms with Crippen LogP contribution in [0.3, 0.4) is 0 Å². The lowest BCUT2D eigenvalue weighted by Gasteiger charge is -2.20. The van der Waals surface area contributed by atoms with Gasteiger partial charge >= 0.3 is 18.0 Å². The van der Waals surface area contributed by atoms with Crippen LogP contribution in [0.15, 0.2) is 0 Å². The van der Waals surface area contributed by atoms with E-state index in [1.807, 2.05) is 6.26 Å². The normalized spacial score (nSPS) is 19.5. The minimum atomic E-state index is -1.05. The Kier molecular flexibility index (Phi) is 6.63. The number of esters is 1. The number of hydrogen-bond acceptors (Lipinski definition) is 5. The molecule has 2 amide bonds. The van der Waals surface area contributed by atoms with Gasteiger partial charge in [0.1, 0.15) is 6.04 Å². The number of amides is 2. The highest BCUT2D eigenvalue weighted by molar-refractivity contribution is 7.98. The molecule has 0 aromatic heterocycles. The number of rotatable bonds is 6. The number of ether oxygens (including phenoxy) is 1. The number of thioether (sulfide) groups is 1. The highest BCUT2D eigenvalue weighted by Crippen LogP contribution is 2.17. The molecule has 0 saturated carbocycles. The molecule has 7 nitrogen and oxygen atoms in total. The molecule has 1 aliphatic heterocycles. The Morgan fingerprint density at radius 1 is 1.50 bits per heavy atom. The topological polar surface area (TPSA) is 95.9 Å². The smallest absolute Gasteiger partial charge is 0.326 e. The molecule has 0 aliphatic carbocycles. The fourth-order valence-electron chi connectivity index (χ4n) is 2.04. The van der Waals surface area contributed by atoms with Crippen molar-refractivity contribution in [3.05, 3.63) is 0 Å². The molecule has 1 aliphatic rings. The van der Waals surface area contributed by atoms with E-state index in [4.69, 9.17) is 5.11 Å². The first-order valence-corrected chi connectivity index (χ1v) is 7.74. The van der Waals surface area contributed by atoms with Crippen molar-refractivity contribution in [3.63, 3.8) is 0 Å². The van der Waals surface area contributed by atoms with E-state index >= 15 is 0 Å². The third kappa shape index (κ3) is 4.59. The highest BCUT2D eigenvalue weighted by Gasteiger charge is 2.33. The Hall–Kier alpha value is -1.44. The van der Waals surface area contributed by atoms with Crippen molar-refractivity contribution in [2.75, 3.05) is 32.2 Å². The lowest BCUT2D eigenvalue weighted by atomic mass is 10.1. The van der Waals surface area contributed by atoms with Crippen molar-refractivity contribution in [3.8, 4) is 0 Å². The maximum atomic E-state index is 12.0. The molecule has 1 saturated heterocycles.